The van der Waals surface area contributed by atoms with E-state index >= 15 is 0 Å². The van der Waals surface area contributed by atoms with E-state index in [1.165, 1.54) is 0 Å². The Morgan fingerprint density at radius 3 is 1.93 bits per heavy atom. The van der Waals surface area contributed by atoms with E-state index in [1.807, 2.05) is 0 Å². The number of likely N-dealkylation sites (tertiary alicyclic amines) is 1. The van der Waals surface area contributed by atoms with Gasteiger partial charge in [0.2, 0.25) is 5.91 Å². The van der Waals surface area contributed by atoms with Crippen LogP contribution in [0.2, 0.25) is 0 Å². The fraction of sp³-hybridized carbons (Fsp3) is 0.778. The largest absolute Gasteiger partial charge is 0.530 e. The van der Waals surface area contributed by atoms with Crippen molar-refractivity contribution in [3.05, 3.63) is 0 Å². The Hall–Kier alpha value is -1.10. The molecule has 2 amide bonds. The Kier molecular flexibility index (Phi) is 4.56. The molecule has 1 heterocycles. The highest BCUT2D eigenvalue weighted by molar-refractivity contribution is 5.91. The molecule has 1 aliphatic heterocycles. The number of nitrogens with zero attached hydrogens (tertiary/aromatic N) is 2. The Labute approximate surface area is 84.5 Å². The lowest BCUT2D eigenvalue weighted by Crippen LogP contribution is -2.41. The van der Waals surface area contributed by atoms with E-state index < -0.39 is 6.09 Å². The van der Waals surface area contributed by atoms with Crippen molar-refractivity contribution in [2.45, 2.75) is 12.8 Å². The van der Waals surface area contributed by atoms with Crippen molar-refractivity contribution >= 4 is 12.0 Å². The van der Waals surface area contributed by atoms with Crippen molar-refractivity contribution in [1.82, 2.24) is 4.90 Å². The number of imide groups is 1. The lowest BCUT2D eigenvalue weighted by atomic mass is 10.4. The van der Waals surface area contributed by atoms with Crippen molar-refractivity contribution in [3.8, 4) is 0 Å². The first-order valence-corrected chi connectivity index (χ1v) is 4.52. The van der Waals surface area contributed by atoms with Crippen LogP contribution in [-0.4, -0.2) is 56.1 Å². The second-order valence-electron chi connectivity index (χ2n) is 4.60. The van der Waals surface area contributed by atoms with Crippen molar-refractivity contribution in [1.29, 1.82) is 0 Å². The number of carboxylic acid groups (broad SMARTS) is 1. The first-order chi connectivity index (χ1) is 6.22. The quantitative estimate of drug-likeness (QED) is 0.487. The Morgan fingerprint density at radius 1 is 1.36 bits per heavy atom. The summed E-state index contributed by atoms with van der Waals surface area (Å²) in [6, 6.07) is 0. The second kappa shape index (κ2) is 4.95. The average Bonchev–Trinajstić information content (AvgIpc) is 2.30. The van der Waals surface area contributed by atoms with Gasteiger partial charge < -0.3 is 14.4 Å². The molecule has 0 N–H and O–H groups in total. The molecule has 0 spiro atoms. The molecule has 0 aromatic rings. The molecule has 0 atom stereocenters. The highest BCUT2D eigenvalue weighted by atomic mass is 16.4. The normalized spacial score (nSPS) is 16.3. The van der Waals surface area contributed by atoms with Crippen LogP contribution in [0.4, 0.5) is 4.79 Å². The number of carbonyl (C=O) groups excluding carboxylic acids is 2. The Balaban J connectivity index is 0.000000292. The number of rotatable bonds is 0. The topological polar surface area (TPSA) is 60.4 Å². The number of carbonyl (C=O) groups is 2. The van der Waals surface area contributed by atoms with Gasteiger partial charge in [0.1, 0.15) is 6.09 Å². The summed E-state index contributed by atoms with van der Waals surface area (Å²) in [5.74, 6) is -0.338. The summed E-state index contributed by atoms with van der Waals surface area (Å²) in [5, 5.41) is 10.0. The van der Waals surface area contributed by atoms with E-state index in [0.717, 1.165) is 9.38 Å². The summed E-state index contributed by atoms with van der Waals surface area (Å²) in [6.07, 6.45) is -0.404. The smallest absolute Gasteiger partial charge is 0.227 e. The molecule has 5 nitrogen and oxygen atoms in total. The lowest BCUT2D eigenvalue weighted by molar-refractivity contribution is -0.849. The van der Waals surface area contributed by atoms with Crippen LogP contribution in [0.1, 0.15) is 12.8 Å². The van der Waals surface area contributed by atoms with Crippen LogP contribution in [0.25, 0.3) is 0 Å². The molecule has 1 aliphatic rings. The van der Waals surface area contributed by atoms with Gasteiger partial charge in [-0.2, -0.15) is 0 Å². The van der Waals surface area contributed by atoms with Crippen LogP contribution in [-0.2, 0) is 4.79 Å². The van der Waals surface area contributed by atoms with Crippen molar-refractivity contribution in [3.63, 3.8) is 0 Å². The van der Waals surface area contributed by atoms with Gasteiger partial charge in [0, 0.05) is 13.0 Å². The zero-order chi connectivity index (χ0) is 11.4. The van der Waals surface area contributed by atoms with Gasteiger partial charge in [-0.1, -0.05) is 0 Å². The maximum absolute atomic E-state index is 10.5. The van der Waals surface area contributed by atoms with Gasteiger partial charge >= 0.3 is 0 Å². The lowest BCUT2D eigenvalue weighted by Gasteiger charge is -2.14. The SMILES string of the molecule is C[N+](C)(C)C.O=C([O-])N1CCCC1=O. The van der Waals surface area contributed by atoms with Crippen LogP contribution in [0, 0.1) is 0 Å². The predicted octanol–water partition coefficient (Wildman–Crippen LogP) is -0.725. The first-order valence-electron chi connectivity index (χ1n) is 4.52. The van der Waals surface area contributed by atoms with Crippen LogP contribution in [0.5, 0.6) is 0 Å². The molecule has 1 rings (SSSR count). The highest BCUT2D eigenvalue weighted by Gasteiger charge is 2.20. The number of hydrogen-bond acceptors (Lipinski definition) is 3. The van der Waals surface area contributed by atoms with Gasteiger partial charge in [0.25, 0.3) is 0 Å². The molecule has 82 valence electrons. The van der Waals surface area contributed by atoms with Crippen LogP contribution in [0.3, 0.4) is 0 Å². The van der Waals surface area contributed by atoms with Crippen molar-refractivity contribution in [2.24, 2.45) is 0 Å². The van der Waals surface area contributed by atoms with Crippen molar-refractivity contribution in [2.75, 3.05) is 34.7 Å². The molecular weight excluding hydrogens is 184 g/mol. The summed E-state index contributed by atoms with van der Waals surface area (Å²) in [6.45, 7) is 0.307. The van der Waals surface area contributed by atoms with E-state index in [0.29, 0.717) is 19.4 Å². The zero-order valence-corrected chi connectivity index (χ0v) is 9.24. The first kappa shape index (κ1) is 12.9. The van der Waals surface area contributed by atoms with Gasteiger partial charge in [0.15, 0.2) is 0 Å². The molecule has 0 radical (unpaired) electrons. The van der Waals surface area contributed by atoms with E-state index in [1.54, 1.807) is 0 Å². The fourth-order valence-electron chi connectivity index (χ4n) is 0.841. The van der Waals surface area contributed by atoms with Gasteiger partial charge in [-0.3, -0.25) is 9.69 Å². The van der Waals surface area contributed by atoms with Crippen molar-refractivity contribution < 1.29 is 19.2 Å². The molecule has 0 aliphatic carbocycles. The number of hydrogen-bond donors (Lipinski definition) is 0. The second-order valence-corrected chi connectivity index (χ2v) is 4.60. The predicted molar refractivity (Wildman–Crippen MR) is 50.3 cm³/mol. The summed E-state index contributed by atoms with van der Waals surface area (Å²) >= 11 is 0. The number of amides is 2. The molecule has 5 heteroatoms. The van der Waals surface area contributed by atoms with E-state index in [-0.39, 0.29) is 5.91 Å². The third kappa shape index (κ3) is 6.42. The highest BCUT2D eigenvalue weighted by Crippen LogP contribution is 2.07. The van der Waals surface area contributed by atoms with Gasteiger partial charge in [-0.15, -0.1) is 0 Å². The fourth-order valence-corrected chi connectivity index (χ4v) is 0.841. The van der Waals surface area contributed by atoms with E-state index in [2.05, 4.69) is 28.2 Å². The summed E-state index contributed by atoms with van der Waals surface area (Å²) in [5.41, 5.74) is 0. The van der Waals surface area contributed by atoms with E-state index in [9.17, 15) is 14.7 Å². The molecule has 0 saturated carbocycles. The molecule has 0 aromatic carbocycles. The summed E-state index contributed by atoms with van der Waals surface area (Å²) in [7, 11) is 8.50. The maximum atomic E-state index is 10.5. The standard InChI is InChI=1S/C5H7NO3.C4H12N/c7-4-2-1-3-6(4)5(8)9;1-5(2,3)4/h1-3H2,(H,8,9);1-4H3/q;+1/p-1. The maximum Gasteiger partial charge on any atom is 0.227 e. The third-order valence-electron chi connectivity index (χ3n) is 1.29. The minimum Gasteiger partial charge on any atom is -0.530 e. The monoisotopic (exact) mass is 202 g/mol. The zero-order valence-electron chi connectivity index (χ0n) is 9.24. The van der Waals surface area contributed by atoms with Crippen LogP contribution < -0.4 is 5.11 Å². The van der Waals surface area contributed by atoms with Gasteiger partial charge in [-0.05, 0) is 6.42 Å². The molecule has 1 fully saturated rings. The van der Waals surface area contributed by atoms with Gasteiger partial charge in [0.05, 0.1) is 28.2 Å². The molecule has 14 heavy (non-hydrogen) atoms. The summed E-state index contributed by atoms with van der Waals surface area (Å²) in [4.78, 5) is 21.3. The molecule has 1 saturated heterocycles. The molecule has 0 unspecified atom stereocenters. The third-order valence-corrected chi connectivity index (χ3v) is 1.29. The molecule has 0 bridgehead atoms. The van der Waals surface area contributed by atoms with E-state index in [4.69, 9.17) is 0 Å². The average molecular weight is 202 g/mol. The van der Waals surface area contributed by atoms with Crippen LogP contribution in [0.15, 0.2) is 0 Å². The molecule has 0 aromatic heterocycles. The van der Waals surface area contributed by atoms with Crippen LogP contribution >= 0.6 is 0 Å². The van der Waals surface area contributed by atoms with Gasteiger partial charge in [-0.25, -0.2) is 0 Å². The molecular formula is C9H18N2O3. The Morgan fingerprint density at radius 2 is 1.79 bits per heavy atom. The minimum absolute atomic E-state index is 0.307. The minimum atomic E-state index is -1.38. The Bertz CT molecular complexity index is 215. The number of quaternary nitrogens is 1. The summed E-state index contributed by atoms with van der Waals surface area (Å²) < 4.78 is 1.00.